The highest BCUT2D eigenvalue weighted by atomic mass is 19.4. The molecule has 9 heteroatoms. The van der Waals surface area contributed by atoms with E-state index in [-0.39, 0.29) is 28.1 Å². The fourth-order valence-corrected chi connectivity index (χ4v) is 6.59. The van der Waals surface area contributed by atoms with Crippen LogP contribution in [-0.4, -0.2) is 0 Å². The Labute approximate surface area is 276 Å². The standard InChI is InChI=1S/C40H17F5N4/c1-20-2-3-23(12-36(20)41)21-4-7-27-29-14-30-28-8-5-22(24-6-9-35(37(42)13-24)40(43,44)45)11-32(28)39(26(18-48)19-49)34(30)15-33(29)38(31(27)10-21)25(16-46)17-47/h2-15H,1H3. The van der Waals surface area contributed by atoms with Crippen molar-refractivity contribution in [2.45, 2.75) is 13.1 Å². The molecule has 0 bridgehead atoms. The summed E-state index contributed by atoms with van der Waals surface area (Å²) in [6.45, 7) is 1.66. The second-order valence-corrected chi connectivity index (χ2v) is 11.6. The van der Waals surface area contributed by atoms with Crippen molar-refractivity contribution < 1.29 is 22.0 Å². The molecular weight excluding hydrogens is 631 g/mol. The predicted molar refractivity (Wildman–Crippen MR) is 172 cm³/mol. The van der Waals surface area contributed by atoms with Crippen molar-refractivity contribution in [2.24, 2.45) is 0 Å². The number of nitrogens with zero attached hydrogens (tertiary/aromatic N) is 4. The summed E-state index contributed by atoms with van der Waals surface area (Å²) >= 11 is 0. The largest absolute Gasteiger partial charge is 0.419 e. The summed E-state index contributed by atoms with van der Waals surface area (Å²) in [5, 5.41) is 40.0. The van der Waals surface area contributed by atoms with Gasteiger partial charge < -0.3 is 0 Å². The Bertz CT molecular complexity index is 2530. The number of nitriles is 4. The highest BCUT2D eigenvalue weighted by Gasteiger charge is 2.35. The normalized spacial score (nSPS) is 12.1. The van der Waals surface area contributed by atoms with Crippen molar-refractivity contribution >= 4 is 11.1 Å². The Morgan fingerprint density at radius 3 is 1.29 bits per heavy atom. The zero-order valence-electron chi connectivity index (χ0n) is 25.3. The number of rotatable bonds is 2. The Balaban J connectivity index is 1.45. The first kappa shape index (κ1) is 30.8. The van der Waals surface area contributed by atoms with Gasteiger partial charge in [-0.15, -0.1) is 0 Å². The zero-order chi connectivity index (χ0) is 34.8. The summed E-state index contributed by atoms with van der Waals surface area (Å²) in [5.41, 5.74) is 5.78. The van der Waals surface area contributed by atoms with Gasteiger partial charge >= 0.3 is 6.18 Å². The highest BCUT2D eigenvalue weighted by molar-refractivity contribution is 6.11. The third kappa shape index (κ3) is 4.77. The Kier molecular flexibility index (Phi) is 7.02. The smallest absolute Gasteiger partial charge is 0.207 e. The number of allylic oxidation sites excluding steroid dienone is 2. The van der Waals surface area contributed by atoms with E-state index in [1.165, 1.54) is 6.07 Å². The van der Waals surface area contributed by atoms with E-state index < -0.39 is 17.6 Å². The monoisotopic (exact) mass is 648 g/mol. The molecule has 7 rings (SSSR count). The molecule has 0 heterocycles. The number of hydrogen-bond donors (Lipinski definition) is 0. The third-order valence-corrected chi connectivity index (χ3v) is 8.91. The lowest BCUT2D eigenvalue weighted by molar-refractivity contribution is -0.139. The van der Waals surface area contributed by atoms with Crippen LogP contribution in [0.5, 0.6) is 0 Å². The molecule has 4 nitrogen and oxygen atoms in total. The molecule has 0 aliphatic heterocycles. The lowest BCUT2D eigenvalue weighted by Crippen LogP contribution is -2.07. The van der Waals surface area contributed by atoms with Crippen LogP contribution in [0.25, 0.3) is 55.7 Å². The van der Waals surface area contributed by atoms with E-state index in [9.17, 15) is 43.0 Å². The van der Waals surface area contributed by atoms with Crippen LogP contribution < -0.4 is 0 Å². The first-order valence-corrected chi connectivity index (χ1v) is 14.7. The maximum Gasteiger partial charge on any atom is 0.419 e. The van der Waals surface area contributed by atoms with Gasteiger partial charge in [-0.25, -0.2) is 8.78 Å². The van der Waals surface area contributed by atoms with Gasteiger partial charge in [0.2, 0.25) is 0 Å². The lowest BCUT2D eigenvalue weighted by atomic mass is 9.92. The maximum absolute atomic E-state index is 14.5. The molecule has 2 aliphatic carbocycles. The van der Waals surface area contributed by atoms with Crippen molar-refractivity contribution in [3.05, 3.63) is 141 Å². The van der Waals surface area contributed by atoms with Crippen LogP contribution in [0.1, 0.15) is 33.4 Å². The molecule has 5 aromatic rings. The molecule has 5 aromatic carbocycles. The van der Waals surface area contributed by atoms with Crippen LogP contribution in [0.2, 0.25) is 0 Å². The minimum Gasteiger partial charge on any atom is -0.207 e. The Hall–Kier alpha value is -6.81. The van der Waals surface area contributed by atoms with Crippen LogP contribution in [0, 0.1) is 63.9 Å². The first-order valence-electron chi connectivity index (χ1n) is 14.7. The van der Waals surface area contributed by atoms with Gasteiger partial charge in [-0.2, -0.15) is 34.2 Å². The molecule has 49 heavy (non-hydrogen) atoms. The second-order valence-electron chi connectivity index (χ2n) is 11.6. The van der Waals surface area contributed by atoms with Crippen LogP contribution in [0.15, 0.2) is 96.1 Å². The lowest BCUT2D eigenvalue weighted by Gasteiger charge is -2.11. The number of halogens is 5. The molecular formula is C40H17F5N4. The summed E-state index contributed by atoms with van der Waals surface area (Å²) in [6, 6.07) is 29.2. The van der Waals surface area contributed by atoms with E-state index in [0.717, 1.165) is 12.1 Å². The average Bonchev–Trinajstić information content (AvgIpc) is 3.57. The van der Waals surface area contributed by atoms with Gasteiger partial charge in [0, 0.05) is 11.1 Å². The molecule has 0 fully saturated rings. The Morgan fingerprint density at radius 2 is 0.857 bits per heavy atom. The van der Waals surface area contributed by atoms with Gasteiger partial charge in [-0.05, 0) is 122 Å². The highest BCUT2D eigenvalue weighted by Crippen LogP contribution is 2.54. The molecule has 0 spiro atoms. The molecule has 0 unspecified atom stereocenters. The quantitative estimate of drug-likeness (QED) is 0.138. The van der Waals surface area contributed by atoms with Gasteiger partial charge in [0.05, 0.1) is 5.56 Å². The number of fused-ring (bicyclic) bond motifs is 6. The van der Waals surface area contributed by atoms with E-state index in [2.05, 4.69) is 0 Å². The summed E-state index contributed by atoms with van der Waals surface area (Å²) in [5.74, 6) is -1.81. The summed E-state index contributed by atoms with van der Waals surface area (Å²) in [6.07, 6.45) is -4.87. The summed E-state index contributed by atoms with van der Waals surface area (Å²) in [4.78, 5) is 0. The molecule has 0 N–H and O–H groups in total. The first-order chi connectivity index (χ1) is 23.5. The fraction of sp³-hybridized carbons (Fsp3) is 0.0500. The molecule has 2 aliphatic rings. The van der Waals surface area contributed by atoms with Gasteiger partial charge in [0.15, 0.2) is 0 Å². The van der Waals surface area contributed by atoms with Crippen LogP contribution in [-0.2, 0) is 6.18 Å². The van der Waals surface area contributed by atoms with Crippen LogP contribution in [0.4, 0.5) is 22.0 Å². The van der Waals surface area contributed by atoms with Crippen LogP contribution >= 0.6 is 0 Å². The fourth-order valence-electron chi connectivity index (χ4n) is 6.59. The van der Waals surface area contributed by atoms with Gasteiger partial charge in [0.1, 0.15) is 47.1 Å². The summed E-state index contributed by atoms with van der Waals surface area (Å²) in [7, 11) is 0. The number of hydrogen-bond acceptors (Lipinski definition) is 4. The zero-order valence-corrected chi connectivity index (χ0v) is 25.3. The number of aryl methyl sites for hydroxylation is 1. The van der Waals surface area contributed by atoms with Gasteiger partial charge in [0.25, 0.3) is 0 Å². The van der Waals surface area contributed by atoms with Gasteiger partial charge in [-0.1, -0.05) is 42.5 Å². The van der Waals surface area contributed by atoms with Crippen molar-refractivity contribution in [1.29, 1.82) is 21.0 Å². The molecule has 0 saturated heterocycles. The van der Waals surface area contributed by atoms with E-state index >= 15 is 0 Å². The summed E-state index contributed by atoms with van der Waals surface area (Å²) < 4.78 is 68.6. The van der Waals surface area contributed by atoms with E-state index in [4.69, 9.17) is 0 Å². The van der Waals surface area contributed by atoms with Gasteiger partial charge in [-0.3, -0.25) is 0 Å². The number of alkyl halides is 3. The second kappa shape index (κ2) is 11.2. The molecule has 232 valence electrons. The molecule has 0 saturated carbocycles. The third-order valence-electron chi connectivity index (χ3n) is 8.91. The molecule has 0 atom stereocenters. The SMILES string of the molecule is Cc1ccc(-c2ccc3c(c2)C(=C(C#N)C#N)c2cc4c(cc2-3)-c2ccc(-c3ccc(C(F)(F)F)c(F)c3)cc2C4=C(C#N)C#N)cc1F. The molecule has 0 radical (unpaired) electrons. The minimum atomic E-state index is -4.87. The van der Waals surface area contributed by atoms with Crippen molar-refractivity contribution in [3.63, 3.8) is 0 Å². The topological polar surface area (TPSA) is 95.2 Å². The van der Waals surface area contributed by atoms with Crippen molar-refractivity contribution in [3.8, 4) is 68.8 Å². The van der Waals surface area contributed by atoms with E-state index in [1.807, 2.05) is 42.5 Å². The van der Waals surface area contributed by atoms with Crippen LogP contribution in [0.3, 0.4) is 0 Å². The molecule has 0 amide bonds. The number of benzene rings is 5. The van der Waals surface area contributed by atoms with E-state index in [1.54, 1.807) is 49.4 Å². The average molecular weight is 649 g/mol. The van der Waals surface area contributed by atoms with E-state index in [0.29, 0.717) is 78.4 Å². The Morgan fingerprint density at radius 1 is 0.469 bits per heavy atom. The van der Waals surface area contributed by atoms with Crippen molar-refractivity contribution in [2.75, 3.05) is 0 Å². The minimum absolute atomic E-state index is 0.164. The predicted octanol–water partition coefficient (Wildman–Crippen LogP) is 10.3. The maximum atomic E-state index is 14.5. The molecule has 0 aromatic heterocycles. The van der Waals surface area contributed by atoms with Crippen molar-refractivity contribution in [1.82, 2.24) is 0 Å².